The second-order valence-electron chi connectivity index (χ2n) is 8.65. The van der Waals surface area contributed by atoms with E-state index in [2.05, 4.69) is 4.98 Å². The van der Waals surface area contributed by atoms with E-state index in [-0.39, 0.29) is 30.4 Å². The van der Waals surface area contributed by atoms with E-state index >= 15 is 0 Å². The van der Waals surface area contributed by atoms with Gasteiger partial charge in [-0.05, 0) is 81.0 Å². The third-order valence-corrected chi connectivity index (χ3v) is 6.49. The third kappa shape index (κ3) is 4.22. The van der Waals surface area contributed by atoms with E-state index in [4.69, 9.17) is 4.74 Å². The van der Waals surface area contributed by atoms with Crippen molar-refractivity contribution in [1.29, 1.82) is 0 Å². The Kier molecular flexibility index (Phi) is 5.96. The van der Waals surface area contributed by atoms with Crippen molar-refractivity contribution < 1.29 is 14.3 Å². The maximum Gasteiger partial charge on any atom is 0.306 e. The molecule has 1 heterocycles. The molecule has 4 rings (SSSR count). The number of carbonyl (C=O) groups is 2. The second-order valence-corrected chi connectivity index (χ2v) is 8.65. The number of nitrogens with zero attached hydrogens (tertiary/aromatic N) is 2. The fraction of sp³-hybridized carbons (Fsp3) is 0.385. The first-order valence-corrected chi connectivity index (χ1v) is 11.0. The SMILES string of the molecule is Cc1cc(C(=O)COC(=O)CCc2nc3ccccc3c(=O)n2C2CC2)c(C)c(C)c1C. The summed E-state index contributed by atoms with van der Waals surface area (Å²) < 4.78 is 7.00. The highest BCUT2D eigenvalue weighted by Crippen LogP contribution is 2.35. The van der Waals surface area contributed by atoms with Gasteiger partial charge in [-0.1, -0.05) is 12.1 Å². The van der Waals surface area contributed by atoms with E-state index in [1.807, 2.05) is 52.0 Å². The fourth-order valence-electron chi connectivity index (χ4n) is 4.09. The molecule has 3 aromatic rings. The van der Waals surface area contributed by atoms with Gasteiger partial charge >= 0.3 is 5.97 Å². The minimum absolute atomic E-state index is 0.0581. The molecule has 6 heteroatoms. The zero-order valence-corrected chi connectivity index (χ0v) is 19.0. The van der Waals surface area contributed by atoms with Crippen LogP contribution in [0.2, 0.25) is 0 Å². The number of Topliss-reactive ketones (excluding diaryl/α,β-unsaturated/α-hetero) is 1. The van der Waals surface area contributed by atoms with Gasteiger partial charge in [0.2, 0.25) is 5.78 Å². The first-order valence-electron chi connectivity index (χ1n) is 11.0. The molecule has 0 N–H and O–H groups in total. The van der Waals surface area contributed by atoms with E-state index in [1.54, 1.807) is 10.6 Å². The standard InChI is InChI=1S/C26H28N2O4/c1-15-13-21(18(4)17(3)16(15)2)23(29)14-32-25(30)12-11-24-27-22-8-6-5-7-20(22)26(31)28(24)19-9-10-19/h5-8,13,19H,9-12,14H2,1-4H3. The molecule has 2 aromatic carbocycles. The Hall–Kier alpha value is -3.28. The van der Waals surface area contributed by atoms with Crippen molar-refractivity contribution in [2.75, 3.05) is 6.61 Å². The maximum atomic E-state index is 12.9. The number of aryl methyl sites for hydroxylation is 2. The number of rotatable bonds is 7. The van der Waals surface area contributed by atoms with Gasteiger partial charge in [-0.25, -0.2) is 4.98 Å². The molecule has 0 amide bonds. The van der Waals surface area contributed by atoms with Crippen LogP contribution < -0.4 is 5.56 Å². The van der Waals surface area contributed by atoms with Gasteiger partial charge < -0.3 is 4.74 Å². The van der Waals surface area contributed by atoms with E-state index in [1.165, 1.54) is 5.56 Å². The Balaban J connectivity index is 1.44. The van der Waals surface area contributed by atoms with Crippen LogP contribution in [0.15, 0.2) is 35.1 Å². The molecule has 166 valence electrons. The largest absolute Gasteiger partial charge is 0.457 e. The smallest absolute Gasteiger partial charge is 0.306 e. The summed E-state index contributed by atoms with van der Waals surface area (Å²) in [5, 5.41) is 0.593. The Morgan fingerprint density at radius 1 is 1.06 bits per heavy atom. The summed E-state index contributed by atoms with van der Waals surface area (Å²) >= 11 is 0. The van der Waals surface area contributed by atoms with E-state index in [0.29, 0.717) is 28.7 Å². The highest BCUT2D eigenvalue weighted by molar-refractivity contribution is 5.99. The highest BCUT2D eigenvalue weighted by atomic mass is 16.5. The van der Waals surface area contributed by atoms with Crippen molar-refractivity contribution in [1.82, 2.24) is 9.55 Å². The Morgan fingerprint density at radius 3 is 2.50 bits per heavy atom. The number of carbonyl (C=O) groups excluding carboxylic acids is 2. The van der Waals surface area contributed by atoms with Gasteiger partial charge in [0, 0.05) is 18.0 Å². The van der Waals surface area contributed by atoms with Crippen LogP contribution in [0, 0.1) is 27.7 Å². The molecule has 0 unspecified atom stereocenters. The number of fused-ring (bicyclic) bond motifs is 1. The van der Waals surface area contributed by atoms with Crippen LogP contribution in [0.25, 0.3) is 10.9 Å². The van der Waals surface area contributed by atoms with Gasteiger partial charge in [0.1, 0.15) is 5.82 Å². The van der Waals surface area contributed by atoms with E-state index in [0.717, 1.165) is 29.5 Å². The Morgan fingerprint density at radius 2 is 1.78 bits per heavy atom. The number of para-hydroxylation sites is 1. The second kappa shape index (κ2) is 8.69. The minimum Gasteiger partial charge on any atom is -0.457 e. The normalized spacial score (nSPS) is 13.4. The molecule has 1 fully saturated rings. The fourth-order valence-corrected chi connectivity index (χ4v) is 4.09. The van der Waals surface area contributed by atoms with Crippen LogP contribution in [0.1, 0.15) is 63.7 Å². The van der Waals surface area contributed by atoms with E-state index in [9.17, 15) is 14.4 Å². The van der Waals surface area contributed by atoms with Crippen molar-refractivity contribution in [3.8, 4) is 0 Å². The van der Waals surface area contributed by atoms with Crippen molar-refractivity contribution in [3.63, 3.8) is 0 Å². The van der Waals surface area contributed by atoms with Crippen LogP contribution in [0.5, 0.6) is 0 Å². The van der Waals surface area contributed by atoms with Crippen molar-refractivity contribution in [2.24, 2.45) is 0 Å². The quantitative estimate of drug-likeness (QED) is 0.410. The summed E-state index contributed by atoms with van der Waals surface area (Å²) in [7, 11) is 0. The van der Waals surface area contributed by atoms with Gasteiger partial charge in [-0.15, -0.1) is 0 Å². The number of hydrogen-bond acceptors (Lipinski definition) is 5. The lowest BCUT2D eigenvalue weighted by molar-refractivity contribution is -0.142. The lowest BCUT2D eigenvalue weighted by atomic mass is 9.93. The Bertz CT molecular complexity index is 1290. The van der Waals surface area contributed by atoms with Crippen LogP contribution >= 0.6 is 0 Å². The topological polar surface area (TPSA) is 78.3 Å². The van der Waals surface area contributed by atoms with Gasteiger partial charge in [-0.2, -0.15) is 0 Å². The number of hydrogen-bond donors (Lipinski definition) is 0. The molecule has 1 aromatic heterocycles. The molecule has 0 saturated heterocycles. The van der Waals surface area contributed by atoms with Gasteiger partial charge in [0.15, 0.2) is 6.61 Å². The van der Waals surface area contributed by atoms with Crippen molar-refractivity contribution >= 4 is 22.7 Å². The van der Waals surface area contributed by atoms with E-state index < -0.39 is 5.97 Å². The molecule has 6 nitrogen and oxygen atoms in total. The van der Waals surface area contributed by atoms with Gasteiger partial charge in [0.25, 0.3) is 5.56 Å². The average molecular weight is 433 g/mol. The predicted octanol–water partition coefficient (Wildman–Crippen LogP) is 4.32. The monoisotopic (exact) mass is 432 g/mol. The van der Waals surface area contributed by atoms with Gasteiger partial charge in [0.05, 0.1) is 17.3 Å². The molecular formula is C26H28N2O4. The number of esters is 1. The molecule has 0 atom stereocenters. The minimum atomic E-state index is -0.471. The maximum absolute atomic E-state index is 12.9. The first-order chi connectivity index (χ1) is 15.3. The summed E-state index contributed by atoms with van der Waals surface area (Å²) in [6, 6.07) is 9.28. The number of ether oxygens (including phenoxy) is 1. The zero-order valence-electron chi connectivity index (χ0n) is 19.0. The van der Waals surface area contributed by atoms with Crippen LogP contribution in [0.3, 0.4) is 0 Å². The summed E-state index contributed by atoms with van der Waals surface area (Å²) in [5.41, 5.74) is 5.38. The third-order valence-electron chi connectivity index (χ3n) is 6.49. The zero-order chi connectivity index (χ0) is 23.0. The molecule has 0 radical (unpaired) electrons. The van der Waals surface area contributed by atoms with Gasteiger partial charge in [-0.3, -0.25) is 19.0 Å². The number of aromatic nitrogens is 2. The average Bonchev–Trinajstić information content (AvgIpc) is 3.62. The van der Waals surface area contributed by atoms with Crippen LogP contribution in [0.4, 0.5) is 0 Å². The van der Waals surface area contributed by atoms with Crippen molar-refractivity contribution in [2.45, 2.75) is 59.4 Å². The van der Waals surface area contributed by atoms with Crippen LogP contribution in [-0.4, -0.2) is 27.9 Å². The summed E-state index contributed by atoms with van der Waals surface area (Å²) in [6.07, 6.45) is 2.25. The molecule has 0 spiro atoms. The summed E-state index contributed by atoms with van der Waals surface area (Å²) in [6.45, 7) is 7.63. The molecule has 32 heavy (non-hydrogen) atoms. The number of benzene rings is 2. The Labute approximate surface area is 187 Å². The molecule has 1 aliphatic carbocycles. The predicted molar refractivity (Wildman–Crippen MR) is 123 cm³/mol. The summed E-state index contributed by atoms with van der Waals surface area (Å²) in [4.78, 5) is 42.6. The molecule has 1 saturated carbocycles. The highest BCUT2D eigenvalue weighted by Gasteiger charge is 2.28. The summed E-state index contributed by atoms with van der Waals surface area (Å²) in [5.74, 6) is -0.0813. The lowest BCUT2D eigenvalue weighted by Gasteiger charge is -2.14. The number of ketones is 1. The lowest BCUT2D eigenvalue weighted by Crippen LogP contribution is -2.25. The van der Waals surface area contributed by atoms with Crippen molar-refractivity contribution in [3.05, 3.63) is 74.3 Å². The molecule has 0 bridgehead atoms. The van der Waals surface area contributed by atoms with Crippen LogP contribution in [-0.2, 0) is 16.0 Å². The molecular weight excluding hydrogens is 404 g/mol. The molecule has 1 aliphatic rings. The molecule has 0 aliphatic heterocycles. The first kappa shape index (κ1) is 21.9.